The Balaban J connectivity index is 1.89. The first kappa shape index (κ1) is 16.4. The number of Topliss-reactive ketones (excluding diaryl/α,β-unsaturated/α-hetero) is 1. The fraction of sp³-hybridized carbons (Fsp3) is 0.176. The van der Waals surface area contributed by atoms with Crippen molar-refractivity contribution in [3.05, 3.63) is 63.9 Å². The van der Waals surface area contributed by atoms with Crippen molar-refractivity contribution >= 4 is 33.3 Å². The van der Waals surface area contributed by atoms with Crippen LogP contribution in [-0.2, 0) is 4.79 Å². The molecule has 0 aliphatic rings. The van der Waals surface area contributed by atoms with Gasteiger partial charge in [0.25, 0.3) is 0 Å². The number of hydrogen-bond donors (Lipinski definition) is 1. The second-order valence-electron chi connectivity index (χ2n) is 4.94. The van der Waals surface area contributed by atoms with Gasteiger partial charge in [-0.15, -0.1) is 0 Å². The number of halogens is 2. The van der Waals surface area contributed by atoms with Gasteiger partial charge in [-0.3, -0.25) is 9.59 Å². The van der Waals surface area contributed by atoms with E-state index < -0.39 is 0 Å². The molecule has 5 heteroatoms. The van der Waals surface area contributed by atoms with Crippen molar-refractivity contribution < 1.29 is 14.0 Å². The molecule has 0 radical (unpaired) electrons. The maximum Gasteiger partial charge on any atom is 0.224 e. The van der Waals surface area contributed by atoms with Gasteiger partial charge in [0.05, 0.1) is 0 Å². The second-order valence-corrected chi connectivity index (χ2v) is 5.85. The first-order chi connectivity index (χ1) is 10.5. The van der Waals surface area contributed by atoms with Gasteiger partial charge in [0, 0.05) is 28.6 Å². The third-order valence-electron chi connectivity index (χ3n) is 3.21. The van der Waals surface area contributed by atoms with Crippen LogP contribution in [0.25, 0.3) is 0 Å². The quantitative estimate of drug-likeness (QED) is 0.795. The molecular weight excluding hydrogens is 349 g/mol. The van der Waals surface area contributed by atoms with Crippen LogP contribution in [0.15, 0.2) is 46.9 Å². The van der Waals surface area contributed by atoms with Gasteiger partial charge in [-0.2, -0.15) is 0 Å². The number of ketones is 1. The Morgan fingerprint density at radius 3 is 2.41 bits per heavy atom. The zero-order chi connectivity index (χ0) is 16.1. The highest BCUT2D eigenvalue weighted by molar-refractivity contribution is 9.10. The molecule has 2 aromatic rings. The van der Waals surface area contributed by atoms with Crippen LogP contribution in [0.2, 0.25) is 0 Å². The van der Waals surface area contributed by atoms with Crippen molar-refractivity contribution in [3.63, 3.8) is 0 Å². The monoisotopic (exact) mass is 363 g/mol. The van der Waals surface area contributed by atoms with E-state index in [2.05, 4.69) is 21.2 Å². The second kappa shape index (κ2) is 7.31. The van der Waals surface area contributed by atoms with E-state index in [9.17, 15) is 14.0 Å². The van der Waals surface area contributed by atoms with Gasteiger partial charge in [-0.1, -0.05) is 28.1 Å². The third kappa shape index (κ3) is 4.49. The molecule has 0 bridgehead atoms. The number of anilines is 1. The Labute approximate surface area is 136 Å². The molecule has 0 fully saturated rings. The van der Waals surface area contributed by atoms with Crippen LogP contribution in [0.5, 0.6) is 0 Å². The fourth-order valence-corrected chi connectivity index (χ4v) is 2.25. The summed E-state index contributed by atoms with van der Waals surface area (Å²) < 4.78 is 13.9. The SMILES string of the molecule is Cc1cc(F)ccc1NC(=O)CCC(=O)c1ccc(Br)cc1. The summed E-state index contributed by atoms with van der Waals surface area (Å²) in [7, 11) is 0. The average molecular weight is 364 g/mol. The fourth-order valence-electron chi connectivity index (χ4n) is 1.99. The lowest BCUT2D eigenvalue weighted by Crippen LogP contribution is -2.14. The summed E-state index contributed by atoms with van der Waals surface area (Å²) in [4.78, 5) is 23.9. The largest absolute Gasteiger partial charge is 0.326 e. The van der Waals surface area contributed by atoms with E-state index in [0.717, 1.165) is 4.47 Å². The van der Waals surface area contributed by atoms with E-state index in [1.807, 2.05) is 0 Å². The van der Waals surface area contributed by atoms with Gasteiger partial charge in [0.2, 0.25) is 5.91 Å². The summed E-state index contributed by atoms with van der Waals surface area (Å²) in [6.07, 6.45) is 0.222. The maximum absolute atomic E-state index is 13.0. The summed E-state index contributed by atoms with van der Waals surface area (Å²) in [5.74, 6) is -0.695. The predicted molar refractivity (Wildman–Crippen MR) is 87.5 cm³/mol. The molecule has 2 aromatic carbocycles. The minimum Gasteiger partial charge on any atom is -0.326 e. The van der Waals surface area contributed by atoms with Crippen LogP contribution in [0.1, 0.15) is 28.8 Å². The highest BCUT2D eigenvalue weighted by atomic mass is 79.9. The summed E-state index contributed by atoms with van der Waals surface area (Å²) in [5.41, 5.74) is 1.78. The molecule has 0 aliphatic carbocycles. The Morgan fingerprint density at radius 2 is 1.77 bits per heavy atom. The number of carbonyl (C=O) groups is 2. The number of amides is 1. The number of carbonyl (C=O) groups excluding carboxylic acids is 2. The van der Waals surface area contributed by atoms with Crippen LogP contribution in [0.4, 0.5) is 10.1 Å². The Kier molecular flexibility index (Phi) is 5.44. The molecule has 0 spiro atoms. The lowest BCUT2D eigenvalue weighted by atomic mass is 10.1. The standard InChI is InChI=1S/C17H15BrFNO2/c1-11-10-14(19)6-7-15(11)20-17(22)9-8-16(21)12-2-4-13(18)5-3-12/h2-7,10H,8-9H2,1H3,(H,20,22). The van der Waals surface area contributed by atoms with Crippen molar-refractivity contribution in [1.82, 2.24) is 0 Å². The molecule has 0 heterocycles. The third-order valence-corrected chi connectivity index (χ3v) is 3.74. The van der Waals surface area contributed by atoms with E-state index in [0.29, 0.717) is 16.8 Å². The summed E-state index contributed by atoms with van der Waals surface area (Å²) in [6.45, 7) is 1.71. The van der Waals surface area contributed by atoms with Gasteiger partial charge < -0.3 is 5.32 Å². The first-order valence-electron chi connectivity index (χ1n) is 6.80. The Hall–Kier alpha value is -2.01. The normalized spacial score (nSPS) is 10.3. The van der Waals surface area contributed by atoms with E-state index in [1.165, 1.54) is 18.2 Å². The van der Waals surface area contributed by atoms with Crippen molar-refractivity contribution in [2.75, 3.05) is 5.32 Å². The number of nitrogens with one attached hydrogen (secondary N) is 1. The molecule has 1 N–H and O–H groups in total. The topological polar surface area (TPSA) is 46.2 Å². The summed E-state index contributed by atoms with van der Waals surface area (Å²) in [5, 5.41) is 2.69. The highest BCUT2D eigenvalue weighted by Gasteiger charge is 2.10. The smallest absolute Gasteiger partial charge is 0.224 e. The number of rotatable bonds is 5. The van der Waals surface area contributed by atoms with Crippen LogP contribution in [-0.4, -0.2) is 11.7 Å². The van der Waals surface area contributed by atoms with E-state index >= 15 is 0 Å². The minimum absolute atomic E-state index is 0.0847. The highest BCUT2D eigenvalue weighted by Crippen LogP contribution is 2.17. The zero-order valence-corrected chi connectivity index (χ0v) is 13.6. The van der Waals surface area contributed by atoms with Gasteiger partial charge in [-0.05, 0) is 42.8 Å². The molecule has 114 valence electrons. The molecule has 2 rings (SSSR count). The molecule has 0 saturated carbocycles. The van der Waals surface area contributed by atoms with E-state index in [1.54, 1.807) is 31.2 Å². The van der Waals surface area contributed by atoms with Crippen molar-refractivity contribution in [2.45, 2.75) is 19.8 Å². The molecular formula is C17H15BrFNO2. The first-order valence-corrected chi connectivity index (χ1v) is 7.60. The van der Waals surface area contributed by atoms with Gasteiger partial charge in [0.15, 0.2) is 5.78 Å². The summed E-state index contributed by atoms with van der Waals surface area (Å²) >= 11 is 3.30. The van der Waals surface area contributed by atoms with Crippen molar-refractivity contribution in [2.24, 2.45) is 0 Å². The molecule has 0 saturated heterocycles. The number of hydrogen-bond acceptors (Lipinski definition) is 2. The lowest BCUT2D eigenvalue weighted by molar-refractivity contribution is -0.116. The van der Waals surface area contributed by atoms with E-state index in [-0.39, 0.29) is 30.3 Å². The average Bonchev–Trinajstić information content (AvgIpc) is 2.48. The molecule has 0 unspecified atom stereocenters. The van der Waals surface area contributed by atoms with Gasteiger partial charge in [-0.25, -0.2) is 4.39 Å². The molecule has 1 amide bonds. The van der Waals surface area contributed by atoms with Crippen LogP contribution < -0.4 is 5.32 Å². The maximum atomic E-state index is 13.0. The lowest BCUT2D eigenvalue weighted by Gasteiger charge is -2.08. The summed E-state index contributed by atoms with van der Waals surface area (Å²) in [6, 6.07) is 11.2. The minimum atomic E-state index is -0.346. The molecule has 22 heavy (non-hydrogen) atoms. The van der Waals surface area contributed by atoms with Crippen molar-refractivity contribution in [1.29, 1.82) is 0 Å². The molecule has 0 atom stereocenters. The van der Waals surface area contributed by atoms with Crippen LogP contribution in [0, 0.1) is 12.7 Å². The van der Waals surface area contributed by atoms with Crippen LogP contribution >= 0.6 is 15.9 Å². The van der Waals surface area contributed by atoms with Crippen molar-refractivity contribution in [3.8, 4) is 0 Å². The number of benzene rings is 2. The molecule has 3 nitrogen and oxygen atoms in total. The molecule has 0 aliphatic heterocycles. The van der Waals surface area contributed by atoms with E-state index in [4.69, 9.17) is 0 Å². The Bertz CT molecular complexity index is 698. The van der Waals surface area contributed by atoms with Gasteiger partial charge in [0.1, 0.15) is 5.82 Å². The Morgan fingerprint density at radius 1 is 1.09 bits per heavy atom. The molecule has 0 aromatic heterocycles. The van der Waals surface area contributed by atoms with Gasteiger partial charge >= 0.3 is 0 Å². The predicted octanol–water partition coefficient (Wildman–Crippen LogP) is 4.50. The number of aryl methyl sites for hydroxylation is 1. The van der Waals surface area contributed by atoms with Crippen LogP contribution in [0.3, 0.4) is 0 Å². The zero-order valence-electron chi connectivity index (χ0n) is 12.0.